The van der Waals surface area contributed by atoms with Crippen LogP contribution in [0, 0.1) is 0 Å². The van der Waals surface area contributed by atoms with Crippen molar-refractivity contribution in [1.82, 2.24) is 5.32 Å². The molecule has 3 nitrogen and oxygen atoms in total. The van der Waals surface area contributed by atoms with Crippen LogP contribution in [-0.4, -0.2) is 24.7 Å². The molecule has 1 fully saturated rings. The monoisotopic (exact) mass is 498 g/mol. The number of halogens is 3. The number of nitrogens with one attached hydrogen (secondary N) is 1. The molecular formula is C28H29F3N2OS. The highest BCUT2D eigenvalue weighted by Crippen LogP contribution is 2.33. The van der Waals surface area contributed by atoms with E-state index in [-0.39, 0.29) is 11.8 Å². The predicted molar refractivity (Wildman–Crippen MR) is 136 cm³/mol. The van der Waals surface area contributed by atoms with Crippen LogP contribution < -0.4 is 10.2 Å². The van der Waals surface area contributed by atoms with Gasteiger partial charge < -0.3 is 10.2 Å². The molecule has 1 aliphatic rings. The van der Waals surface area contributed by atoms with Gasteiger partial charge in [0.15, 0.2) is 0 Å². The Kier molecular flexibility index (Phi) is 8.06. The molecule has 1 heterocycles. The molecule has 1 amide bonds. The summed E-state index contributed by atoms with van der Waals surface area (Å²) in [6.07, 6.45) is -2.41. The van der Waals surface area contributed by atoms with Gasteiger partial charge in [-0.2, -0.15) is 13.2 Å². The molecule has 35 heavy (non-hydrogen) atoms. The molecule has 7 heteroatoms. The lowest BCUT2D eigenvalue weighted by Gasteiger charge is -2.35. The van der Waals surface area contributed by atoms with Gasteiger partial charge in [-0.25, -0.2) is 0 Å². The number of carbonyl (C=O) groups excluding carboxylic acids is 1. The molecule has 1 N–H and O–H groups in total. The third-order valence-corrected chi connectivity index (χ3v) is 7.21. The second-order valence-corrected chi connectivity index (χ2v) is 10.0. The number of carbonyl (C=O) groups is 1. The molecule has 0 aliphatic carbocycles. The summed E-state index contributed by atoms with van der Waals surface area (Å²) >= 11 is 1.79. The Balaban J connectivity index is 1.34. The van der Waals surface area contributed by atoms with Crippen molar-refractivity contribution in [3.63, 3.8) is 0 Å². The van der Waals surface area contributed by atoms with E-state index in [4.69, 9.17) is 0 Å². The second kappa shape index (κ2) is 11.2. The predicted octanol–water partition coefficient (Wildman–Crippen LogP) is 7.13. The number of benzene rings is 3. The van der Waals surface area contributed by atoms with Crippen LogP contribution in [0.15, 0.2) is 77.7 Å². The highest BCUT2D eigenvalue weighted by atomic mass is 32.2. The fraction of sp³-hybridized carbons (Fsp3) is 0.321. The summed E-state index contributed by atoms with van der Waals surface area (Å²) < 4.78 is 38.6. The number of thioether (sulfide) groups is 1. The Morgan fingerprint density at radius 2 is 1.69 bits per heavy atom. The highest BCUT2D eigenvalue weighted by molar-refractivity contribution is 7.99. The summed E-state index contributed by atoms with van der Waals surface area (Å²) in [4.78, 5) is 16.1. The van der Waals surface area contributed by atoms with Gasteiger partial charge in [0, 0.05) is 41.7 Å². The van der Waals surface area contributed by atoms with Crippen LogP contribution in [0.5, 0.6) is 0 Å². The van der Waals surface area contributed by atoms with Gasteiger partial charge in [-0.05, 0) is 78.3 Å². The van der Waals surface area contributed by atoms with E-state index in [1.54, 1.807) is 23.9 Å². The van der Waals surface area contributed by atoms with E-state index >= 15 is 0 Å². The third kappa shape index (κ3) is 6.60. The fourth-order valence-electron chi connectivity index (χ4n) is 4.41. The van der Waals surface area contributed by atoms with Crippen molar-refractivity contribution in [3.8, 4) is 0 Å². The lowest BCUT2D eigenvalue weighted by molar-refractivity contribution is -0.137. The molecule has 0 bridgehead atoms. The minimum absolute atomic E-state index is 0.121. The summed E-state index contributed by atoms with van der Waals surface area (Å²) in [6.45, 7) is 4.21. The Morgan fingerprint density at radius 1 is 1.00 bits per heavy atom. The van der Waals surface area contributed by atoms with E-state index in [1.807, 2.05) is 36.4 Å². The van der Waals surface area contributed by atoms with Crippen molar-refractivity contribution in [2.45, 2.75) is 43.3 Å². The van der Waals surface area contributed by atoms with Gasteiger partial charge in [-0.1, -0.05) is 31.2 Å². The minimum atomic E-state index is -4.32. The Morgan fingerprint density at radius 3 is 2.31 bits per heavy atom. The zero-order valence-electron chi connectivity index (χ0n) is 19.6. The van der Waals surface area contributed by atoms with E-state index < -0.39 is 11.7 Å². The molecule has 0 aromatic heterocycles. The molecule has 184 valence electrons. The van der Waals surface area contributed by atoms with Crippen LogP contribution in [0.4, 0.5) is 18.9 Å². The molecular weight excluding hydrogens is 469 g/mol. The van der Waals surface area contributed by atoms with Gasteiger partial charge in [-0.3, -0.25) is 4.79 Å². The zero-order chi connectivity index (χ0) is 24.8. The van der Waals surface area contributed by atoms with E-state index in [9.17, 15) is 18.0 Å². The van der Waals surface area contributed by atoms with Crippen molar-refractivity contribution < 1.29 is 18.0 Å². The normalized spacial score (nSPS) is 16.2. The zero-order valence-corrected chi connectivity index (χ0v) is 20.5. The lowest BCUT2D eigenvalue weighted by Crippen LogP contribution is -2.34. The average molecular weight is 499 g/mol. The minimum Gasteiger partial charge on any atom is -0.371 e. The van der Waals surface area contributed by atoms with Gasteiger partial charge in [0.1, 0.15) is 0 Å². The number of piperidine rings is 1. The standard InChI is InChI=1S/C28H29F3N2OS/c1-2-35-26-15-5-20(6-16-26)18-32-27(34)22-9-13-25(14-10-22)33-17-3-4-23(19-33)21-7-11-24(12-8-21)28(29,30)31/h5-16,23H,2-4,17-19H2,1H3,(H,32,34). The Labute approximate surface area is 208 Å². The molecule has 4 rings (SSSR count). The van der Waals surface area contributed by atoms with E-state index in [1.165, 1.54) is 17.0 Å². The maximum absolute atomic E-state index is 12.9. The quantitative estimate of drug-likeness (QED) is 0.352. The number of alkyl halides is 3. The first-order chi connectivity index (χ1) is 16.8. The van der Waals surface area contributed by atoms with Crippen LogP contribution in [0.3, 0.4) is 0 Å². The van der Waals surface area contributed by atoms with Gasteiger partial charge >= 0.3 is 6.18 Å². The highest BCUT2D eigenvalue weighted by Gasteiger charge is 2.30. The molecule has 3 aromatic carbocycles. The van der Waals surface area contributed by atoms with Crippen molar-refractivity contribution in [2.24, 2.45) is 0 Å². The molecule has 1 unspecified atom stereocenters. The summed E-state index contributed by atoms with van der Waals surface area (Å²) in [5.74, 6) is 1.08. The van der Waals surface area contributed by atoms with Gasteiger partial charge in [0.25, 0.3) is 5.91 Å². The van der Waals surface area contributed by atoms with Crippen molar-refractivity contribution in [1.29, 1.82) is 0 Å². The van der Waals surface area contributed by atoms with E-state index in [0.29, 0.717) is 12.1 Å². The van der Waals surface area contributed by atoms with Crippen molar-refractivity contribution in [3.05, 3.63) is 95.1 Å². The Hall–Kier alpha value is -2.93. The first-order valence-corrected chi connectivity index (χ1v) is 12.8. The van der Waals surface area contributed by atoms with Crippen molar-refractivity contribution in [2.75, 3.05) is 23.7 Å². The summed E-state index contributed by atoms with van der Waals surface area (Å²) in [5.41, 5.74) is 2.98. The maximum Gasteiger partial charge on any atom is 0.416 e. The third-order valence-electron chi connectivity index (χ3n) is 6.31. The lowest BCUT2D eigenvalue weighted by atomic mass is 9.90. The molecule has 0 saturated carbocycles. The smallest absolute Gasteiger partial charge is 0.371 e. The maximum atomic E-state index is 12.9. The van der Waals surface area contributed by atoms with Gasteiger partial charge in [0.2, 0.25) is 0 Å². The van der Waals surface area contributed by atoms with Crippen LogP contribution in [0.25, 0.3) is 0 Å². The number of nitrogens with zero attached hydrogens (tertiary/aromatic N) is 1. The number of hydrogen-bond acceptors (Lipinski definition) is 3. The average Bonchev–Trinajstić information content (AvgIpc) is 2.88. The molecule has 1 atom stereocenters. The fourth-order valence-corrected chi connectivity index (χ4v) is 5.07. The molecule has 1 aliphatic heterocycles. The van der Waals surface area contributed by atoms with Crippen LogP contribution in [-0.2, 0) is 12.7 Å². The molecule has 1 saturated heterocycles. The summed E-state index contributed by atoms with van der Waals surface area (Å²) in [6, 6.07) is 21.3. The largest absolute Gasteiger partial charge is 0.416 e. The molecule has 3 aromatic rings. The SMILES string of the molecule is CCSc1ccc(CNC(=O)c2ccc(N3CCCC(c4ccc(C(F)(F)F)cc4)C3)cc2)cc1. The van der Waals surface area contributed by atoms with E-state index in [2.05, 4.69) is 29.3 Å². The van der Waals surface area contributed by atoms with E-state index in [0.717, 1.165) is 48.5 Å². The topological polar surface area (TPSA) is 32.3 Å². The summed E-state index contributed by atoms with van der Waals surface area (Å²) in [5, 5.41) is 2.97. The molecule has 0 radical (unpaired) electrons. The number of anilines is 1. The molecule has 0 spiro atoms. The second-order valence-electron chi connectivity index (χ2n) is 8.71. The number of hydrogen-bond donors (Lipinski definition) is 1. The number of rotatable bonds is 7. The first-order valence-electron chi connectivity index (χ1n) is 11.9. The number of amides is 1. The van der Waals surface area contributed by atoms with Crippen molar-refractivity contribution >= 4 is 23.4 Å². The van der Waals surface area contributed by atoms with Crippen LogP contribution in [0.1, 0.15) is 52.7 Å². The van der Waals surface area contributed by atoms with Gasteiger partial charge in [-0.15, -0.1) is 11.8 Å². The van der Waals surface area contributed by atoms with Gasteiger partial charge in [0.05, 0.1) is 5.56 Å². The first kappa shape index (κ1) is 25.2. The van der Waals surface area contributed by atoms with Crippen LogP contribution in [0.2, 0.25) is 0 Å². The summed E-state index contributed by atoms with van der Waals surface area (Å²) in [7, 11) is 0. The van der Waals surface area contributed by atoms with Crippen LogP contribution >= 0.6 is 11.8 Å². The Bertz CT molecular complexity index is 1110.